The number of benzene rings is 1. The van der Waals surface area contributed by atoms with Crippen molar-refractivity contribution in [3.63, 3.8) is 0 Å². The Kier molecular flexibility index (Phi) is 4.85. The lowest BCUT2D eigenvalue weighted by atomic mass is 9.84. The number of nitro groups is 1. The van der Waals surface area contributed by atoms with Crippen molar-refractivity contribution >= 4 is 5.69 Å². The molecule has 0 spiro atoms. The highest BCUT2D eigenvalue weighted by molar-refractivity contribution is 5.48. The van der Waals surface area contributed by atoms with Gasteiger partial charge in [0.1, 0.15) is 5.75 Å². The predicted octanol–water partition coefficient (Wildman–Crippen LogP) is 3.85. The summed E-state index contributed by atoms with van der Waals surface area (Å²) in [5.41, 5.74) is 1.85. The van der Waals surface area contributed by atoms with E-state index in [-0.39, 0.29) is 10.6 Å². The third kappa shape index (κ3) is 3.50. The summed E-state index contributed by atoms with van der Waals surface area (Å²) in [4.78, 5) is 13.2. The van der Waals surface area contributed by atoms with Crippen LogP contribution in [0.3, 0.4) is 0 Å². The molecule has 5 nitrogen and oxygen atoms in total. The molecule has 0 N–H and O–H groups in total. The van der Waals surface area contributed by atoms with E-state index in [4.69, 9.17) is 4.74 Å². The fourth-order valence-corrected chi connectivity index (χ4v) is 4.22. The van der Waals surface area contributed by atoms with E-state index in [0.717, 1.165) is 23.5 Å². The van der Waals surface area contributed by atoms with E-state index in [1.807, 2.05) is 13.8 Å². The number of nitro benzene ring substituents is 1. The molecule has 2 heterocycles. The molecule has 0 saturated carbocycles. The average molecular weight is 318 g/mol. The zero-order valence-corrected chi connectivity index (χ0v) is 14.1. The average Bonchev–Trinajstić information content (AvgIpc) is 2.54. The second kappa shape index (κ2) is 6.87. The highest BCUT2D eigenvalue weighted by Crippen LogP contribution is 2.33. The monoisotopic (exact) mass is 318 g/mol. The van der Waals surface area contributed by atoms with Crippen LogP contribution in [-0.4, -0.2) is 35.6 Å². The molecular formula is C18H26N2O3. The number of ether oxygens (including phenoxy) is 1. The molecule has 3 rings (SSSR count). The Balaban J connectivity index is 1.69. The maximum atomic E-state index is 10.9. The van der Waals surface area contributed by atoms with Crippen LogP contribution in [-0.2, 0) is 0 Å². The second-order valence-electron chi connectivity index (χ2n) is 6.98. The Morgan fingerprint density at radius 3 is 2.57 bits per heavy atom. The molecule has 2 saturated heterocycles. The minimum atomic E-state index is -0.342. The van der Waals surface area contributed by atoms with Crippen LogP contribution in [0.4, 0.5) is 5.69 Å². The summed E-state index contributed by atoms with van der Waals surface area (Å²) in [5.74, 6) is 1.40. The van der Waals surface area contributed by atoms with Gasteiger partial charge < -0.3 is 4.74 Å². The molecule has 126 valence electrons. The SMILES string of the molecule is Cc1cc([N+](=O)[O-])cc(C)c1OC[C@@H]1CCCN2CCCC[C@H]12. The smallest absolute Gasteiger partial charge is 0.270 e. The van der Waals surface area contributed by atoms with Crippen molar-refractivity contribution in [3.05, 3.63) is 33.4 Å². The van der Waals surface area contributed by atoms with Gasteiger partial charge in [0.25, 0.3) is 5.69 Å². The number of piperidine rings is 2. The number of rotatable bonds is 4. The van der Waals surface area contributed by atoms with Gasteiger partial charge in [-0.15, -0.1) is 0 Å². The van der Waals surface area contributed by atoms with Crippen LogP contribution in [0.1, 0.15) is 43.2 Å². The summed E-state index contributed by atoms with van der Waals surface area (Å²) >= 11 is 0. The molecule has 2 aliphatic rings. The summed E-state index contributed by atoms with van der Waals surface area (Å²) in [7, 11) is 0. The zero-order valence-electron chi connectivity index (χ0n) is 14.1. The van der Waals surface area contributed by atoms with Crippen molar-refractivity contribution in [1.29, 1.82) is 0 Å². The number of nitrogens with zero attached hydrogens (tertiary/aromatic N) is 2. The van der Waals surface area contributed by atoms with Crippen molar-refractivity contribution < 1.29 is 9.66 Å². The molecule has 0 radical (unpaired) electrons. The molecule has 2 fully saturated rings. The van der Waals surface area contributed by atoms with Gasteiger partial charge in [-0.2, -0.15) is 0 Å². The van der Waals surface area contributed by atoms with Crippen LogP contribution in [0.25, 0.3) is 0 Å². The summed E-state index contributed by atoms with van der Waals surface area (Å²) in [6.45, 7) is 6.97. The summed E-state index contributed by atoms with van der Waals surface area (Å²) in [6, 6.07) is 3.88. The van der Waals surface area contributed by atoms with E-state index < -0.39 is 0 Å². The van der Waals surface area contributed by atoms with Gasteiger partial charge in [0.2, 0.25) is 0 Å². The van der Waals surface area contributed by atoms with Crippen LogP contribution in [0.2, 0.25) is 0 Å². The van der Waals surface area contributed by atoms with E-state index >= 15 is 0 Å². The minimum absolute atomic E-state index is 0.142. The van der Waals surface area contributed by atoms with Crippen LogP contribution in [0.5, 0.6) is 5.75 Å². The first kappa shape index (κ1) is 16.2. The first-order valence-corrected chi connectivity index (χ1v) is 8.68. The molecule has 0 aromatic heterocycles. The summed E-state index contributed by atoms with van der Waals surface area (Å²) in [5, 5.41) is 10.9. The van der Waals surface area contributed by atoms with Gasteiger partial charge in [-0.3, -0.25) is 15.0 Å². The number of hydrogen-bond donors (Lipinski definition) is 0. The molecule has 1 aromatic rings. The van der Waals surface area contributed by atoms with Crippen LogP contribution in [0.15, 0.2) is 12.1 Å². The highest BCUT2D eigenvalue weighted by Gasteiger charge is 2.33. The molecule has 2 aliphatic heterocycles. The van der Waals surface area contributed by atoms with Crippen LogP contribution in [0, 0.1) is 29.9 Å². The second-order valence-corrected chi connectivity index (χ2v) is 6.98. The van der Waals surface area contributed by atoms with Crippen molar-refractivity contribution in [2.24, 2.45) is 5.92 Å². The van der Waals surface area contributed by atoms with Crippen molar-refractivity contribution in [1.82, 2.24) is 4.90 Å². The molecule has 1 aromatic carbocycles. The van der Waals surface area contributed by atoms with Gasteiger partial charge in [0.15, 0.2) is 0 Å². The zero-order chi connectivity index (χ0) is 16.4. The first-order valence-electron chi connectivity index (χ1n) is 8.68. The van der Waals surface area contributed by atoms with Crippen LogP contribution >= 0.6 is 0 Å². The Hall–Kier alpha value is -1.62. The van der Waals surface area contributed by atoms with Crippen molar-refractivity contribution in [2.75, 3.05) is 19.7 Å². The first-order chi connectivity index (χ1) is 11.1. The minimum Gasteiger partial charge on any atom is -0.493 e. The third-order valence-electron chi connectivity index (χ3n) is 5.33. The predicted molar refractivity (Wildman–Crippen MR) is 90.0 cm³/mol. The molecule has 0 amide bonds. The Morgan fingerprint density at radius 2 is 1.87 bits per heavy atom. The highest BCUT2D eigenvalue weighted by atomic mass is 16.6. The molecule has 0 bridgehead atoms. The van der Waals surface area contributed by atoms with Gasteiger partial charge in [0, 0.05) is 24.1 Å². The Labute approximate surface area is 137 Å². The number of non-ortho nitro benzene ring substituents is 1. The Morgan fingerprint density at radius 1 is 1.17 bits per heavy atom. The summed E-state index contributed by atoms with van der Waals surface area (Å²) in [6.07, 6.45) is 6.42. The molecular weight excluding hydrogens is 292 g/mol. The standard InChI is InChI=1S/C18H26N2O3/c1-13-10-16(20(21)22)11-14(2)18(13)23-12-15-6-5-9-19-8-4-3-7-17(15)19/h10-11,15,17H,3-9,12H2,1-2H3/t15-,17+/m0/s1. The molecule has 2 atom stereocenters. The molecule has 0 aliphatic carbocycles. The molecule has 5 heteroatoms. The van der Waals surface area contributed by atoms with Crippen molar-refractivity contribution in [2.45, 2.75) is 52.0 Å². The quantitative estimate of drug-likeness (QED) is 0.625. The molecule has 0 unspecified atom stereocenters. The maximum Gasteiger partial charge on any atom is 0.270 e. The lowest BCUT2D eigenvalue weighted by Crippen LogP contribution is -2.49. The van der Waals surface area contributed by atoms with Crippen LogP contribution < -0.4 is 4.74 Å². The number of fused-ring (bicyclic) bond motifs is 1. The van der Waals surface area contributed by atoms with Gasteiger partial charge in [-0.05, 0) is 63.7 Å². The Bertz CT molecular complexity index is 563. The lowest BCUT2D eigenvalue weighted by Gasteiger charge is -2.44. The van der Waals surface area contributed by atoms with Gasteiger partial charge in [-0.1, -0.05) is 6.42 Å². The van der Waals surface area contributed by atoms with E-state index in [0.29, 0.717) is 12.0 Å². The fraction of sp³-hybridized carbons (Fsp3) is 0.667. The third-order valence-corrected chi connectivity index (χ3v) is 5.33. The van der Waals surface area contributed by atoms with Crippen molar-refractivity contribution in [3.8, 4) is 5.75 Å². The van der Waals surface area contributed by atoms with E-state index in [1.165, 1.54) is 45.2 Å². The molecule has 23 heavy (non-hydrogen) atoms. The van der Waals surface area contributed by atoms with E-state index in [1.54, 1.807) is 12.1 Å². The van der Waals surface area contributed by atoms with E-state index in [9.17, 15) is 10.1 Å². The summed E-state index contributed by atoms with van der Waals surface area (Å²) < 4.78 is 6.14. The number of aryl methyl sites for hydroxylation is 2. The normalized spacial score (nSPS) is 25.0. The maximum absolute atomic E-state index is 10.9. The number of hydrogen-bond acceptors (Lipinski definition) is 4. The lowest BCUT2D eigenvalue weighted by molar-refractivity contribution is -0.385. The fourth-order valence-electron chi connectivity index (χ4n) is 4.22. The topological polar surface area (TPSA) is 55.6 Å². The largest absolute Gasteiger partial charge is 0.493 e. The van der Waals surface area contributed by atoms with Gasteiger partial charge in [0.05, 0.1) is 11.5 Å². The van der Waals surface area contributed by atoms with Gasteiger partial charge >= 0.3 is 0 Å². The van der Waals surface area contributed by atoms with Gasteiger partial charge in [-0.25, -0.2) is 0 Å². The van der Waals surface area contributed by atoms with E-state index in [2.05, 4.69) is 4.90 Å².